The highest BCUT2D eigenvalue weighted by atomic mass is 15.3. The second-order valence-electron chi connectivity index (χ2n) is 5.38. The van der Waals surface area contributed by atoms with Gasteiger partial charge in [0.2, 0.25) is 0 Å². The molecule has 0 aromatic carbocycles. The van der Waals surface area contributed by atoms with E-state index in [1.807, 2.05) is 12.4 Å². The quantitative estimate of drug-likeness (QED) is 0.721. The maximum absolute atomic E-state index is 5.53. The van der Waals surface area contributed by atoms with Crippen molar-refractivity contribution in [1.82, 2.24) is 19.4 Å². The summed E-state index contributed by atoms with van der Waals surface area (Å²) in [6, 6.07) is 0. The van der Waals surface area contributed by atoms with E-state index < -0.39 is 0 Å². The van der Waals surface area contributed by atoms with E-state index in [1.54, 1.807) is 0 Å². The number of rotatable bonds is 7. The first-order chi connectivity index (χ1) is 9.29. The highest BCUT2D eigenvalue weighted by Gasteiger charge is 2.16. The zero-order valence-corrected chi connectivity index (χ0v) is 12.1. The third kappa shape index (κ3) is 4.60. The molecule has 1 saturated heterocycles. The van der Waals surface area contributed by atoms with Gasteiger partial charge in [-0.3, -0.25) is 0 Å². The molecule has 1 fully saturated rings. The molecule has 1 aromatic heterocycles. The van der Waals surface area contributed by atoms with Crippen molar-refractivity contribution in [3.63, 3.8) is 0 Å². The first kappa shape index (κ1) is 14.5. The number of nitrogens with two attached hydrogens (primary N) is 1. The summed E-state index contributed by atoms with van der Waals surface area (Å²) in [6.07, 6.45) is 7.34. The van der Waals surface area contributed by atoms with Crippen molar-refractivity contribution < 1.29 is 0 Å². The van der Waals surface area contributed by atoms with Crippen molar-refractivity contribution in [1.29, 1.82) is 0 Å². The Bertz CT molecular complexity index is 354. The number of piperazine rings is 1. The molecule has 2 N–H and O–H groups in total. The lowest BCUT2D eigenvalue weighted by atomic mass is 10.2. The van der Waals surface area contributed by atoms with E-state index >= 15 is 0 Å². The van der Waals surface area contributed by atoms with Gasteiger partial charge in [-0.1, -0.05) is 0 Å². The van der Waals surface area contributed by atoms with E-state index in [2.05, 4.69) is 26.4 Å². The Morgan fingerprint density at radius 1 is 1.11 bits per heavy atom. The summed E-state index contributed by atoms with van der Waals surface area (Å²) in [5.74, 6) is 1.19. The van der Waals surface area contributed by atoms with Crippen LogP contribution in [0.2, 0.25) is 0 Å². The molecule has 0 unspecified atom stereocenters. The smallest absolute Gasteiger partial charge is 0.109 e. The van der Waals surface area contributed by atoms with Crippen LogP contribution in [0.25, 0.3) is 0 Å². The fourth-order valence-corrected chi connectivity index (χ4v) is 2.61. The number of imidazole rings is 1. The van der Waals surface area contributed by atoms with Crippen molar-refractivity contribution in [3.8, 4) is 0 Å². The summed E-state index contributed by atoms with van der Waals surface area (Å²) in [5.41, 5.74) is 5.53. The fourth-order valence-electron chi connectivity index (χ4n) is 2.61. The SMILES string of the molecule is Cn1ccnc1CCN1CCN(CCCCN)CC1. The van der Waals surface area contributed by atoms with Gasteiger partial charge in [0, 0.05) is 58.6 Å². The Hall–Kier alpha value is -0.910. The van der Waals surface area contributed by atoms with E-state index in [4.69, 9.17) is 5.73 Å². The van der Waals surface area contributed by atoms with Crippen LogP contribution in [0.4, 0.5) is 0 Å². The van der Waals surface area contributed by atoms with E-state index in [9.17, 15) is 0 Å². The molecular weight excluding hydrogens is 238 g/mol. The number of hydrogen-bond acceptors (Lipinski definition) is 4. The zero-order valence-electron chi connectivity index (χ0n) is 12.1. The molecular formula is C14H27N5. The van der Waals surface area contributed by atoms with Crippen molar-refractivity contribution in [3.05, 3.63) is 18.2 Å². The van der Waals surface area contributed by atoms with Crippen LogP contribution in [0.5, 0.6) is 0 Å². The Kier molecular flexibility index (Phi) is 5.82. The molecule has 1 aromatic rings. The summed E-state index contributed by atoms with van der Waals surface area (Å²) in [7, 11) is 2.07. The van der Waals surface area contributed by atoms with Crippen LogP contribution in [0.15, 0.2) is 12.4 Å². The Morgan fingerprint density at radius 3 is 2.37 bits per heavy atom. The normalized spacial score (nSPS) is 18.0. The second-order valence-corrected chi connectivity index (χ2v) is 5.38. The molecule has 0 aliphatic carbocycles. The van der Waals surface area contributed by atoms with Gasteiger partial charge in [0.05, 0.1) is 0 Å². The van der Waals surface area contributed by atoms with Crippen molar-refractivity contribution >= 4 is 0 Å². The van der Waals surface area contributed by atoms with E-state index in [-0.39, 0.29) is 0 Å². The molecule has 5 heteroatoms. The van der Waals surface area contributed by atoms with Crippen molar-refractivity contribution in [2.24, 2.45) is 12.8 Å². The molecule has 2 rings (SSSR count). The van der Waals surface area contributed by atoms with Crippen LogP contribution in [0, 0.1) is 0 Å². The van der Waals surface area contributed by atoms with Gasteiger partial charge in [0.25, 0.3) is 0 Å². The monoisotopic (exact) mass is 265 g/mol. The Morgan fingerprint density at radius 2 is 1.79 bits per heavy atom. The molecule has 0 radical (unpaired) electrons. The summed E-state index contributed by atoms with van der Waals surface area (Å²) < 4.78 is 2.11. The molecule has 0 spiro atoms. The van der Waals surface area contributed by atoms with Gasteiger partial charge < -0.3 is 20.1 Å². The van der Waals surface area contributed by atoms with Crippen molar-refractivity contribution in [2.75, 3.05) is 45.8 Å². The Balaban J connectivity index is 1.62. The van der Waals surface area contributed by atoms with Crippen molar-refractivity contribution in [2.45, 2.75) is 19.3 Å². The molecule has 0 amide bonds. The summed E-state index contributed by atoms with van der Waals surface area (Å²) in [4.78, 5) is 9.49. The largest absolute Gasteiger partial charge is 0.338 e. The fraction of sp³-hybridized carbons (Fsp3) is 0.786. The van der Waals surface area contributed by atoms with Gasteiger partial charge in [-0.25, -0.2) is 4.98 Å². The average molecular weight is 265 g/mol. The average Bonchev–Trinajstić information content (AvgIpc) is 2.84. The minimum absolute atomic E-state index is 0.823. The maximum Gasteiger partial charge on any atom is 0.109 e. The molecule has 0 saturated carbocycles. The van der Waals surface area contributed by atoms with Crippen LogP contribution in [0.3, 0.4) is 0 Å². The molecule has 108 valence electrons. The van der Waals surface area contributed by atoms with Gasteiger partial charge in [-0.15, -0.1) is 0 Å². The van der Waals surface area contributed by atoms with Gasteiger partial charge in [0.1, 0.15) is 5.82 Å². The number of nitrogens with zero attached hydrogens (tertiary/aromatic N) is 4. The summed E-state index contributed by atoms with van der Waals surface area (Å²) >= 11 is 0. The number of unbranched alkanes of at least 4 members (excludes halogenated alkanes) is 1. The minimum atomic E-state index is 0.823. The Labute approximate surface area is 116 Å². The number of hydrogen-bond donors (Lipinski definition) is 1. The van der Waals surface area contributed by atoms with Gasteiger partial charge in [0.15, 0.2) is 0 Å². The molecule has 19 heavy (non-hydrogen) atoms. The lowest BCUT2D eigenvalue weighted by molar-refractivity contribution is 0.131. The zero-order chi connectivity index (χ0) is 13.5. The second kappa shape index (κ2) is 7.62. The number of aromatic nitrogens is 2. The van der Waals surface area contributed by atoms with Gasteiger partial charge in [-0.2, -0.15) is 0 Å². The van der Waals surface area contributed by atoms with E-state index in [0.717, 1.165) is 25.9 Å². The molecule has 1 aliphatic heterocycles. The standard InChI is InChI=1S/C14H27N5/c1-17-9-6-16-14(17)4-8-19-12-10-18(11-13-19)7-3-2-5-15/h6,9H,2-5,7-8,10-13,15H2,1H3. The lowest BCUT2D eigenvalue weighted by Crippen LogP contribution is -2.47. The topological polar surface area (TPSA) is 50.3 Å². The van der Waals surface area contributed by atoms with Gasteiger partial charge >= 0.3 is 0 Å². The van der Waals surface area contributed by atoms with Crippen LogP contribution in [-0.2, 0) is 13.5 Å². The first-order valence-electron chi connectivity index (χ1n) is 7.40. The molecule has 5 nitrogen and oxygen atoms in total. The van der Waals surface area contributed by atoms with Crippen LogP contribution in [0.1, 0.15) is 18.7 Å². The summed E-state index contributed by atoms with van der Waals surface area (Å²) in [5, 5.41) is 0. The summed E-state index contributed by atoms with van der Waals surface area (Å²) in [6.45, 7) is 7.94. The molecule has 1 aliphatic rings. The third-order valence-corrected chi connectivity index (χ3v) is 3.97. The molecule has 0 atom stereocenters. The minimum Gasteiger partial charge on any atom is -0.338 e. The van der Waals surface area contributed by atoms with Crippen LogP contribution < -0.4 is 5.73 Å². The predicted molar refractivity (Wildman–Crippen MR) is 78.1 cm³/mol. The maximum atomic E-state index is 5.53. The van der Waals surface area contributed by atoms with Gasteiger partial charge in [-0.05, 0) is 25.9 Å². The molecule has 2 heterocycles. The predicted octanol–water partition coefficient (Wildman–Crippen LogP) is 0.319. The third-order valence-electron chi connectivity index (χ3n) is 3.97. The highest BCUT2D eigenvalue weighted by molar-refractivity contribution is 4.92. The van der Waals surface area contributed by atoms with Crippen LogP contribution in [-0.4, -0.2) is 65.2 Å². The first-order valence-corrected chi connectivity index (χ1v) is 7.40. The van der Waals surface area contributed by atoms with Crippen LogP contribution >= 0.6 is 0 Å². The van der Waals surface area contributed by atoms with E-state index in [0.29, 0.717) is 0 Å². The number of aryl methyl sites for hydroxylation is 1. The van der Waals surface area contributed by atoms with E-state index in [1.165, 1.54) is 45.0 Å². The molecule has 0 bridgehead atoms. The lowest BCUT2D eigenvalue weighted by Gasteiger charge is -2.34. The highest BCUT2D eigenvalue weighted by Crippen LogP contribution is 2.05.